The molecule has 0 spiro atoms. The first kappa shape index (κ1) is 32.0. The maximum absolute atomic E-state index is 5.10. The summed E-state index contributed by atoms with van der Waals surface area (Å²) in [6.45, 7) is 0. The van der Waals surface area contributed by atoms with E-state index in [-0.39, 0.29) is 6.04 Å². The lowest BCUT2D eigenvalue weighted by atomic mass is 9.92. The highest BCUT2D eigenvalue weighted by Gasteiger charge is 2.41. The number of aromatic nitrogens is 3. The average molecular weight is 716 g/mol. The van der Waals surface area contributed by atoms with Crippen LogP contribution in [0.15, 0.2) is 207 Å². The van der Waals surface area contributed by atoms with Crippen molar-refractivity contribution in [3.63, 3.8) is 0 Å². The summed E-state index contributed by atoms with van der Waals surface area (Å²) in [6, 6.07) is 64.8. The van der Waals surface area contributed by atoms with E-state index in [9.17, 15) is 0 Å². The Morgan fingerprint density at radius 1 is 0.464 bits per heavy atom. The van der Waals surface area contributed by atoms with Crippen molar-refractivity contribution in [2.45, 2.75) is 6.04 Å². The highest BCUT2D eigenvalue weighted by atomic mass is 15.2. The first-order valence-electron chi connectivity index (χ1n) is 19.1. The lowest BCUT2D eigenvalue weighted by molar-refractivity contribution is 0.781. The minimum atomic E-state index is -0.104. The van der Waals surface area contributed by atoms with E-state index >= 15 is 0 Å². The van der Waals surface area contributed by atoms with E-state index < -0.39 is 0 Å². The minimum absolute atomic E-state index is 0.104. The molecular formula is C52H35N4+. The van der Waals surface area contributed by atoms with Crippen LogP contribution in [-0.4, -0.2) is 20.2 Å². The lowest BCUT2D eigenvalue weighted by Gasteiger charge is -2.27. The Morgan fingerprint density at radius 2 is 0.982 bits per heavy atom. The van der Waals surface area contributed by atoms with E-state index in [1.54, 1.807) is 6.33 Å². The van der Waals surface area contributed by atoms with Crippen LogP contribution in [0.5, 0.6) is 0 Å². The average Bonchev–Trinajstić information content (AvgIpc) is 3.62. The lowest BCUT2D eigenvalue weighted by Crippen LogP contribution is -2.32. The van der Waals surface area contributed by atoms with Crippen LogP contribution >= 0.6 is 0 Å². The third-order valence-corrected chi connectivity index (χ3v) is 11.2. The van der Waals surface area contributed by atoms with E-state index in [0.717, 1.165) is 56.3 Å². The minimum Gasteiger partial charge on any atom is -0.318 e. The standard InChI is InChI=1S/C52H35N4/c1-6-16-35(17-7-1)40-26-28-45-43(30-40)44-31-42(37-20-10-3-11-21-37)33-48-51(44)55(45)46-29-27-41(36-18-8-2-9-19-36)32-47(46)56(48)52-49(38-22-12-4-13-23-38)53-34-54-50(52)39-24-14-5-15-25-39/h1-34,46H/q+1. The summed E-state index contributed by atoms with van der Waals surface area (Å²) < 4.78 is 5.03. The topological polar surface area (TPSA) is 33.7 Å². The van der Waals surface area contributed by atoms with Gasteiger partial charge in [0.25, 0.3) is 5.69 Å². The summed E-state index contributed by atoms with van der Waals surface area (Å²) in [5.41, 5.74) is 16.4. The fourth-order valence-corrected chi connectivity index (χ4v) is 8.63. The Morgan fingerprint density at radius 3 is 1.57 bits per heavy atom. The quantitative estimate of drug-likeness (QED) is 0.161. The van der Waals surface area contributed by atoms with Crippen LogP contribution in [0, 0.1) is 0 Å². The normalized spacial score (nSPS) is 14.6. The molecule has 4 nitrogen and oxygen atoms in total. The fraction of sp³-hybridized carbons (Fsp3) is 0.0192. The number of benzene rings is 7. The molecule has 0 amide bonds. The van der Waals surface area contributed by atoms with E-state index in [1.807, 2.05) is 0 Å². The van der Waals surface area contributed by atoms with Gasteiger partial charge >= 0.3 is 0 Å². The molecule has 0 bridgehead atoms. The smallest absolute Gasteiger partial charge is 0.264 e. The highest BCUT2D eigenvalue weighted by molar-refractivity contribution is 6.21. The second-order valence-corrected chi connectivity index (χ2v) is 14.4. The van der Waals surface area contributed by atoms with E-state index in [4.69, 9.17) is 9.97 Å². The molecule has 4 heteroatoms. The van der Waals surface area contributed by atoms with E-state index in [1.165, 1.54) is 38.5 Å². The van der Waals surface area contributed by atoms with Gasteiger partial charge in [-0.3, -0.25) is 0 Å². The molecule has 3 heterocycles. The molecule has 0 radical (unpaired) electrons. The zero-order valence-corrected chi connectivity index (χ0v) is 30.5. The van der Waals surface area contributed by atoms with Gasteiger partial charge in [0, 0.05) is 34.0 Å². The van der Waals surface area contributed by atoms with Gasteiger partial charge in [0.05, 0.1) is 5.52 Å². The van der Waals surface area contributed by atoms with Gasteiger partial charge in [0.15, 0.2) is 0 Å². The second kappa shape index (κ2) is 13.2. The predicted octanol–water partition coefficient (Wildman–Crippen LogP) is 12.7. The molecule has 56 heavy (non-hydrogen) atoms. The summed E-state index contributed by atoms with van der Waals surface area (Å²) in [7, 11) is 0. The highest BCUT2D eigenvalue weighted by Crippen LogP contribution is 2.49. The maximum atomic E-state index is 5.10. The van der Waals surface area contributed by atoms with Crippen molar-refractivity contribution < 1.29 is 0 Å². The molecule has 2 aliphatic rings. The summed E-state index contributed by atoms with van der Waals surface area (Å²) in [5, 5.41) is 2.44. The number of rotatable bonds is 6. The van der Waals surface area contributed by atoms with Crippen molar-refractivity contribution in [1.29, 1.82) is 0 Å². The maximum Gasteiger partial charge on any atom is 0.264 e. The predicted molar refractivity (Wildman–Crippen MR) is 232 cm³/mol. The fourth-order valence-electron chi connectivity index (χ4n) is 8.63. The molecule has 0 saturated heterocycles. The number of hydrogen-bond donors (Lipinski definition) is 0. The van der Waals surface area contributed by atoms with Gasteiger partial charge in [-0.25, -0.2) is 9.97 Å². The third kappa shape index (κ3) is 5.19. The van der Waals surface area contributed by atoms with Crippen molar-refractivity contribution in [3.8, 4) is 44.8 Å². The Bertz CT molecular complexity index is 2980. The Hall–Kier alpha value is -7.43. The zero-order chi connectivity index (χ0) is 37.0. The molecule has 7 aromatic carbocycles. The molecule has 0 saturated carbocycles. The molecule has 1 atom stereocenters. The molecule has 0 fully saturated rings. The third-order valence-electron chi connectivity index (χ3n) is 11.2. The molecule has 1 aliphatic carbocycles. The molecule has 262 valence electrons. The largest absolute Gasteiger partial charge is 0.318 e. The van der Waals surface area contributed by atoms with Gasteiger partial charge in [0.2, 0.25) is 11.4 Å². The SMILES string of the molecule is C1=CC2C(=[N+](c3c(-c4ccccc4)ncnc3-c3ccccc3)c3cc(-c4ccccc4)cc4c5cc(-c6ccccc6)ccc5n2c34)C=C1c1ccccc1. The number of nitrogens with zero attached hydrogens (tertiary/aromatic N) is 4. The summed E-state index contributed by atoms with van der Waals surface area (Å²) in [4.78, 5) is 10.2. The van der Waals surface area contributed by atoms with Crippen molar-refractivity contribution in [1.82, 2.24) is 19.1 Å². The van der Waals surface area contributed by atoms with Crippen molar-refractivity contribution in [2.24, 2.45) is 0 Å². The molecule has 1 unspecified atom stereocenters. The first-order valence-corrected chi connectivity index (χ1v) is 19.1. The van der Waals surface area contributed by atoms with Gasteiger partial charge < -0.3 is 4.57 Å². The molecule has 11 rings (SSSR count). The zero-order valence-electron chi connectivity index (χ0n) is 30.5. The van der Waals surface area contributed by atoms with Gasteiger partial charge in [-0.1, -0.05) is 170 Å². The van der Waals surface area contributed by atoms with Gasteiger partial charge in [0.1, 0.15) is 29.3 Å². The van der Waals surface area contributed by atoms with Crippen LogP contribution in [0.25, 0.3) is 72.1 Å². The Balaban J connectivity index is 1.31. The van der Waals surface area contributed by atoms with E-state index in [0.29, 0.717) is 0 Å². The number of hydrogen-bond acceptors (Lipinski definition) is 2. The van der Waals surface area contributed by atoms with Gasteiger partial charge in [-0.2, -0.15) is 0 Å². The first-order chi connectivity index (χ1) is 27.8. The molecule has 0 N–H and O–H groups in total. The van der Waals surface area contributed by atoms with Crippen LogP contribution in [0.4, 0.5) is 11.4 Å². The van der Waals surface area contributed by atoms with Crippen LogP contribution in [0.3, 0.4) is 0 Å². The van der Waals surface area contributed by atoms with Crippen molar-refractivity contribution in [2.75, 3.05) is 0 Å². The van der Waals surface area contributed by atoms with Crippen LogP contribution in [-0.2, 0) is 0 Å². The molecule has 9 aromatic rings. The van der Waals surface area contributed by atoms with Crippen LogP contribution in [0.2, 0.25) is 0 Å². The Kier molecular flexibility index (Phi) is 7.52. The van der Waals surface area contributed by atoms with E-state index in [2.05, 4.69) is 209 Å². The summed E-state index contributed by atoms with van der Waals surface area (Å²) in [5.74, 6) is 0. The Labute approximate surface area is 325 Å². The van der Waals surface area contributed by atoms with Gasteiger partial charge in [-0.15, -0.1) is 4.58 Å². The molecular weight excluding hydrogens is 681 g/mol. The molecule has 2 aromatic heterocycles. The van der Waals surface area contributed by atoms with Crippen LogP contribution < -0.4 is 4.58 Å². The number of allylic oxidation sites excluding steroid dienone is 4. The monoisotopic (exact) mass is 715 g/mol. The van der Waals surface area contributed by atoms with Crippen molar-refractivity contribution >= 4 is 44.5 Å². The van der Waals surface area contributed by atoms with Crippen molar-refractivity contribution in [3.05, 3.63) is 212 Å². The molecule has 1 aliphatic heterocycles. The second-order valence-electron chi connectivity index (χ2n) is 14.4. The van der Waals surface area contributed by atoms with Crippen LogP contribution in [0.1, 0.15) is 11.6 Å². The summed E-state index contributed by atoms with van der Waals surface area (Å²) >= 11 is 0. The number of fused-ring (bicyclic) bond motifs is 5. The summed E-state index contributed by atoms with van der Waals surface area (Å²) in [6.07, 6.45) is 8.75. The van der Waals surface area contributed by atoms with Gasteiger partial charge in [-0.05, 0) is 51.6 Å².